The van der Waals surface area contributed by atoms with Crippen LogP contribution in [0, 0.1) is 0 Å². The number of nitrogens with zero attached hydrogens (tertiary/aromatic N) is 1. The van der Waals surface area contributed by atoms with Gasteiger partial charge in [-0.1, -0.05) is 0 Å². The summed E-state index contributed by atoms with van der Waals surface area (Å²) in [5.74, 6) is 1.42. The number of nitrogens with one attached hydrogen (secondary N) is 1. The van der Waals surface area contributed by atoms with Crippen LogP contribution in [0.25, 0.3) is 0 Å². The molecule has 1 aliphatic rings. The van der Waals surface area contributed by atoms with Crippen molar-refractivity contribution in [2.45, 2.75) is 12.5 Å². The summed E-state index contributed by atoms with van der Waals surface area (Å²) in [7, 11) is 3.25. The summed E-state index contributed by atoms with van der Waals surface area (Å²) in [5.41, 5.74) is 1.03. The highest BCUT2D eigenvalue weighted by Gasteiger charge is 2.24. The largest absolute Gasteiger partial charge is 0.495 e. The summed E-state index contributed by atoms with van der Waals surface area (Å²) in [4.78, 5) is 2.32. The minimum Gasteiger partial charge on any atom is -0.495 e. The van der Waals surface area contributed by atoms with Crippen molar-refractivity contribution in [1.29, 1.82) is 0 Å². The molecule has 0 bridgehead atoms. The van der Waals surface area contributed by atoms with Crippen molar-refractivity contribution in [2.75, 3.05) is 47.1 Å². The van der Waals surface area contributed by atoms with Crippen molar-refractivity contribution in [3.63, 3.8) is 0 Å². The van der Waals surface area contributed by atoms with E-state index in [-0.39, 0.29) is 12.7 Å². The van der Waals surface area contributed by atoms with Crippen LogP contribution in [0.15, 0.2) is 16.6 Å². The van der Waals surface area contributed by atoms with Gasteiger partial charge in [-0.15, -0.1) is 0 Å². The predicted octanol–water partition coefficient (Wildman–Crippen LogP) is 2.77. The number of piperazine rings is 1. The average molecular weight is 361 g/mol. The van der Waals surface area contributed by atoms with Gasteiger partial charge >= 0.3 is 0 Å². The Morgan fingerprint density at radius 1 is 1.24 bits per heavy atom. The molecule has 1 N–H and O–H groups in total. The first-order valence-electron chi connectivity index (χ1n) is 7.13. The van der Waals surface area contributed by atoms with E-state index in [4.69, 9.17) is 9.47 Å². The van der Waals surface area contributed by atoms with E-state index < -0.39 is 0 Å². The maximum atomic E-state index is 13.0. The Kier molecular flexibility index (Phi) is 6.26. The zero-order valence-corrected chi connectivity index (χ0v) is 14.1. The molecule has 6 heteroatoms. The van der Waals surface area contributed by atoms with Crippen molar-refractivity contribution in [1.82, 2.24) is 10.2 Å². The molecule has 1 aromatic rings. The predicted molar refractivity (Wildman–Crippen MR) is 85.0 cm³/mol. The zero-order chi connectivity index (χ0) is 15.2. The molecule has 0 aliphatic carbocycles. The van der Waals surface area contributed by atoms with Crippen LogP contribution in [0.4, 0.5) is 4.39 Å². The van der Waals surface area contributed by atoms with Crippen molar-refractivity contribution in [3.8, 4) is 11.5 Å². The summed E-state index contributed by atoms with van der Waals surface area (Å²) in [6.45, 7) is 3.38. The number of hydrogen-bond donors (Lipinski definition) is 1. The van der Waals surface area contributed by atoms with E-state index in [0.717, 1.165) is 36.2 Å². The minimum absolute atomic E-state index is 0.0491. The van der Waals surface area contributed by atoms with Crippen molar-refractivity contribution >= 4 is 15.9 Å². The van der Waals surface area contributed by atoms with Crippen LogP contribution >= 0.6 is 15.9 Å². The van der Waals surface area contributed by atoms with Crippen molar-refractivity contribution in [3.05, 3.63) is 22.2 Å². The Balaban J connectivity index is 2.34. The molecular weight excluding hydrogens is 339 g/mol. The Bertz CT molecular complexity index is 442. The third kappa shape index (κ3) is 3.87. The van der Waals surface area contributed by atoms with Gasteiger partial charge in [0.2, 0.25) is 0 Å². The monoisotopic (exact) mass is 360 g/mol. The molecule has 4 nitrogen and oxygen atoms in total. The fourth-order valence-corrected chi connectivity index (χ4v) is 3.29. The lowest BCUT2D eigenvalue weighted by Crippen LogP contribution is -2.45. The molecule has 0 saturated carbocycles. The zero-order valence-electron chi connectivity index (χ0n) is 12.5. The molecule has 1 aliphatic heterocycles. The number of alkyl halides is 1. The van der Waals surface area contributed by atoms with Crippen LogP contribution < -0.4 is 14.8 Å². The number of ether oxygens (including phenoxy) is 2. The van der Waals surface area contributed by atoms with Crippen LogP contribution in [-0.2, 0) is 0 Å². The highest BCUT2D eigenvalue weighted by molar-refractivity contribution is 9.10. The maximum Gasteiger partial charge on any atom is 0.137 e. The van der Waals surface area contributed by atoms with Gasteiger partial charge in [-0.2, -0.15) is 0 Å². The normalized spacial score (nSPS) is 17.5. The summed E-state index contributed by atoms with van der Waals surface area (Å²) >= 11 is 3.47. The van der Waals surface area contributed by atoms with Crippen molar-refractivity contribution in [2.24, 2.45) is 0 Å². The number of hydrogen-bond acceptors (Lipinski definition) is 4. The van der Waals surface area contributed by atoms with Crippen molar-refractivity contribution < 1.29 is 13.9 Å². The van der Waals surface area contributed by atoms with Gasteiger partial charge in [0, 0.05) is 32.2 Å². The van der Waals surface area contributed by atoms with E-state index in [0.29, 0.717) is 17.9 Å². The quantitative estimate of drug-likeness (QED) is 0.845. The van der Waals surface area contributed by atoms with Gasteiger partial charge in [0.25, 0.3) is 0 Å². The van der Waals surface area contributed by atoms with Gasteiger partial charge in [-0.3, -0.25) is 9.29 Å². The van der Waals surface area contributed by atoms with E-state index in [1.165, 1.54) is 0 Å². The van der Waals surface area contributed by atoms with Gasteiger partial charge in [-0.05, 0) is 40.0 Å². The standard InChI is InChI=1S/C15H22BrFN2O2/c1-20-13-9-11(10-14(21-2)15(13)16)12(3-4-17)19-7-5-18-6-8-19/h9-10,12,18H,3-8H2,1-2H3/t12-/m1/s1. The second kappa shape index (κ2) is 7.96. The van der Waals surface area contributed by atoms with E-state index in [2.05, 4.69) is 26.1 Å². The van der Waals surface area contributed by atoms with Crippen LogP contribution in [0.1, 0.15) is 18.0 Å². The first kappa shape index (κ1) is 16.5. The van der Waals surface area contributed by atoms with Crippen LogP contribution in [0.3, 0.4) is 0 Å². The molecule has 118 valence electrons. The number of rotatable bonds is 6. The fourth-order valence-electron chi connectivity index (χ4n) is 2.74. The fraction of sp³-hybridized carbons (Fsp3) is 0.600. The topological polar surface area (TPSA) is 33.7 Å². The molecule has 0 aromatic heterocycles. The molecule has 0 radical (unpaired) electrons. The second-order valence-corrected chi connectivity index (χ2v) is 5.81. The summed E-state index contributed by atoms with van der Waals surface area (Å²) in [6.07, 6.45) is 0.480. The van der Waals surface area contributed by atoms with Gasteiger partial charge in [-0.25, -0.2) is 0 Å². The third-order valence-electron chi connectivity index (χ3n) is 3.83. The molecule has 21 heavy (non-hydrogen) atoms. The lowest BCUT2D eigenvalue weighted by Gasteiger charge is -2.35. The molecule has 2 rings (SSSR count). The smallest absolute Gasteiger partial charge is 0.137 e. The lowest BCUT2D eigenvalue weighted by molar-refractivity contribution is 0.157. The first-order valence-corrected chi connectivity index (χ1v) is 7.92. The maximum absolute atomic E-state index is 13.0. The van der Waals surface area contributed by atoms with E-state index >= 15 is 0 Å². The summed E-state index contributed by atoms with van der Waals surface area (Å²) < 4.78 is 24.6. The molecular formula is C15H22BrFN2O2. The molecule has 1 atom stereocenters. The molecule has 0 spiro atoms. The molecule has 1 aromatic carbocycles. The summed E-state index contributed by atoms with van der Waals surface area (Å²) in [5, 5.41) is 3.33. The average Bonchev–Trinajstić information content (AvgIpc) is 2.54. The van der Waals surface area contributed by atoms with E-state index in [9.17, 15) is 4.39 Å². The van der Waals surface area contributed by atoms with Gasteiger partial charge < -0.3 is 14.8 Å². The number of methoxy groups -OCH3 is 2. The lowest BCUT2D eigenvalue weighted by atomic mass is 10.0. The van der Waals surface area contributed by atoms with E-state index in [1.54, 1.807) is 14.2 Å². The van der Waals surface area contributed by atoms with Gasteiger partial charge in [0.1, 0.15) is 16.0 Å². The second-order valence-electron chi connectivity index (χ2n) is 5.02. The Morgan fingerprint density at radius 2 is 1.81 bits per heavy atom. The Morgan fingerprint density at radius 3 is 2.29 bits per heavy atom. The van der Waals surface area contributed by atoms with Gasteiger partial charge in [0.15, 0.2) is 0 Å². The van der Waals surface area contributed by atoms with Crippen LogP contribution in [0.2, 0.25) is 0 Å². The number of halogens is 2. The molecule has 0 unspecified atom stereocenters. The molecule has 0 amide bonds. The minimum atomic E-state index is -0.338. The summed E-state index contributed by atoms with van der Waals surface area (Å²) in [6, 6.07) is 3.98. The van der Waals surface area contributed by atoms with Crippen LogP contribution in [0.5, 0.6) is 11.5 Å². The molecule has 1 heterocycles. The highest BCUT2D eigenvalue weighted by Crippen LogP contribution is 2.39. The third-order valence-corrected chi connectivity index (χ3v) is 4.61. The Labute approximate surface area is 133 Å². The molecule has 1 saturated heterocycles. The number of benzene rings is 1. The molecule has 1 fully saturated rings. The van der Waals surface area contributed by atoms with Gasteiger partial charge in [0.05, 0.1) is 20.9 Å². The van der Waals surface area contributed by atoms with Crippen LogP contribution in [-0.4, -0.2) is 52.0 Å². The first-order chi connectivity index (χ1) is 10.2. The SMILES string of the molecule is COc1cc([C@@H](CCF)N2CCNCC2)cc(OC)c1Br. The van der Waals surface area contributed by atoms with E-state index in [1.807, 2.05) is 12.1 Å². The Hall–Kier alpha value is -0.850. The highest BCUT2D eigenvalue weighted by atomic mass is 79.9.